The number of hydrogen-bond acceptors (Lipinski definition) is 4. The second kappa shape index (κ2) is 8.40. The molecule has 1 fully saturated rings. The smallest absolute Gasteiger partial charge is 0.226 e. The molecule has 4 rings (SSSR count). The molecule has 0 spiro atoms. The summed E-state index contributed by atoms with van der Waals surface area (Å²) in [5.41, 5.74) is 1.39. The van der Waals surface area contributed by atoms with Gasteiger partial charge in [0.2, 0.25) is 5.91 Å². The zero-order valence-electron chi connectivity index (χ0n) is 15.4. The molecule has 2 aromatic heterocycles. The van der Waals surface area contributed by atoms with Crippen LogP contribution in [-0.4, -0.2) is 27.4 Å². The van der Waals surface area contributed by atoms with Crippen LogP contribution in [0.5, 0.6) is 0 Å². The molecule has 0 bridgehead atoms. The van der Waals surface area contributed by atoms with Crippen molar-refractivity contribution in [2.45, 2.75) is 18.5 Å². The summed E-state index contributed by atoms with van der Waals surface area (Å²) in [4.78, 5) is 18.8. The quantitative estimate of drug-likeness (QED) is 0.602. The summed E-state index contributed by atoms with van der Waals surface area (Å²) in [6, 6.07) is 14.7. The number of carbonyl (C=O) groups excluding carboxylic acids is 1. The van der Waals surface area contributed by atoms with E-state index in [0.717, 1.165) is 11.5 Å². The summed E-state index contributed by atoms with van der Waals surface area (Å²) in [6.07, 6.45) is 3.56. The van der Waals surface area contributed by atoms with E-state index in [1.165, 1.54) is 24.3 Å². The third kappa shape index (κ3) is 4.27. The first-order valence-corrected chi connectivity index (χ1v) is 9.59. The fraction of sp³-hybridized carbons (Fsp3) is 0.190. The van der Waals surface area contributed by atoms with Crippen molar-refractivity contribution in [3.8, 4) is 0 Å². The SMILES string of the molecule is O=C(CCN1C(=S)N[C@H](c2ccccn2)[C@H]1c1ccco1)Nc1ccc(F)cc1. The van der Waals surface area contributed by atoms with Gasteiger partial charge >= 0.3 is 0 Å². The lowest BCUT2D eigenvalue weighted by Gasteiger charge is -2.25. The highest BCUT2D eigenvalue weighted by molar-refractivity contribution is 7.80. The highest BCUT2D eigenvalue weighted by Gasteiger charge is 2.41. The molecule has 3 aromatic rings. The fourth-order valence-electron chi connectivity index (χ4n) is 3.39. The molecule has 0 aliphatic carbocycles. The molecule has 8 heteroatoms. The van der Waals surface area contributed by atoms with Crippen LogP contribution in [0.4, 0.5) is 10.1 Å². The first-order chi connectivity index (χ1) is 14.1. The average Bonchev–Trinajstić information content (AvgIpc) is 3.36. The van der Waals surface area contributed by atoms with Crippen LogP contribution in [0.2, 0.25) is 0 Å². The highest BCUT2D eigenvalue weighted by atomic mass is 32.1. The Morgan fingerprint density at radius 2 is 2.03 bits per heavy atom. The Hall–Kier alpha value is -3.26. The minimum atomic E-state index is -0.349. The molecular formula is C21H19FN4O2S. The van der Waals surface area contributed by atoms with Crippen molar-refractivity contribution in [1.29, 1.82) is 0 Å². The van der Waals surface area contributed by atoms with Gasteiger partial charge in [-0.25, -0.2) is 4.39 Å². The normalized spacial score (nSPS) is 18.5. The summed E-state index contributed by atoms with van der Waals surface area (Å²) >= 11 is 5.54. The van der Waals surface area contributed by atoms with Gasteiger partial charge in [-0.3, -0.25) is 9.78 Å². The molecule has 3 heterocycles. The number of halogens is 1. The second-order valence-electron chi connectivity index (χ2n) is 6.64. The number of aromatic nitrogens is 1. The van der Waals surface area contributed by atoms with E-state index in [9.17, 15) is 9.18 Å². The van der Waals surface area contributed by atoms with Crippen molar-refractivity contribution in [3.63, 3.8) is 0 Å². The van der Waals surface area contributed by atoms with Crippen LogP contribution < -0.4 is 10.6 Å². The van der Waals surface area contributed by atoms with E-state index in [0.29, 0.717) is 17.3 Å². The molecule has 2 N–H and O–H groups in total. The van der Waals surface area contributed by atoms with E-state index < -0.39 is 0 Å². The summed E-state index contributed by atoms with van der Waals surface area (Å²) in [5, 5.41) is 6.61. The number of nitrogens with one attached hydrogen (secondary N) is 2. The zero-order chi connectivity index (χ0) is 20.2. The number of rotatable bonds is 6. The number of furan rings is 1. The lowest BCUT2D eigenvalue weighted by molar-refractivity contribution is -0.116. The number of hydrogen-bond donors (Lipinski definition) is 2. The Kier molecular flexibility index (Phi) is 5.53. The van der Waals surface area contributed by atoms with Crippen molar-refractivity contribution in [2.75, 3.05) is 11.9 Å². The molecule has 1 saturated heterocycles. The van der Waals surface area contributed by atoms with Gasteiger partial charge in [0.1, 0.15) is 17.6 Å². The van der Waals surface area contributed by atoms with E-state index in [2.05, 4.69) is 15.6 Å². The Balaban J connectivity index is 1.48. The predicted octanol–water partition coefficient (Wildman–Crippen LogP) is 3.82. The molecule has 0 saturated carbocycles. The van der Waals surface area contributed by atoms with Crippen LogP contribution in [0.25, 0.3) is 0 Å². The third-order valence-electron chi connectivity index (χ3n) is 4.74. The molecule has 0 radical (unpaired) electrons. The van der Waals surface area contributed by atoms with Gasteiger partial charge in [0.25, 0.3) is 0 Å². The summed E-state index contributed by atoms with van der Waals surface area (Å²) in [6.45, 7) is 0.396. The molecule has 29 heavy (non-hydrogen) atoms. The molecule has 6 nitrogen and oxygen atoms in total. The number of anilines is 1. The van der Waals surface area contributed by atoms with Gasteiger partial charge in [-0.1, -0.05) is 6.07 Å². The van der Waals surface area contributed by atoms with Gasteiger partial charge in [-0.15, -0.1) is 0 Å². The number of thiocarbonyl (C=S) groups is 1. The lowest BCUT2D eigenvalue weighted by Crippen LogP contribution is -2.32. The lowest BCUT2D eigenvalue weighted by atomic mass is 10.0. The average molecular weight is 410 g/mol. The number of benzene rings is 1. The summed E-state index contributed by atoms with van der Waals surface area (Å²) in [5.74, 6) is 0.212. The molecule has 148 valence electrons. The van der Waals surface area contributed by atoms with Crippen LogP contribution in [0.3, 0.4) is 0 Å². The Labute approximate surface area is 172 Å². The Bertz CT molecular complexity index is 980. The zero-order valence-corrected chi connectivity index (χ0v) is 16.2. The highest BCUT2D eigenvalue weighted by Crippen LogP contribution is 2.38. The molecule has 1 aromatic carbocycles. The van der Waals surface area contributed by atoms with Crippen LogP contribution >= 0.6 is 12.2 Å². The number of carbonyl (C=O) groups is 1. The van der Waals surface area contributed by atoms with E-state index in [-0.39, 0.29) is 30.2 Å². The van der Waals surface area contributed by atoms with Crippen molar-refractivity contribution >= 4 is 28.9 Å². The van der Waals surface area contributed by atoms with Crippen LogP contribution in [0.1, 0.15) is 30.0 Å². The monoisotopic (exact) mass is 410 g/mol. The Morgan fingerprint density at radius 3 is 2.72 bits per heavy atom. The van der Waals surface area contributed by atoms with Gasteiger partial charge < -0.3 is 20.0 Å². The van der Waals surface area contributed by atoms with Crippen LogP contribution in [0.15, 0.2) is 71.5 Å². The van der Waals surface area contributed by atoms with Gasteiger partial charge in [-0.2, -0.15) is 0 Å². The van der Waals surface area contributed by atoms with E-state index in [1.807, 2.05) is 35.2 Å². The number of pyridine rings is 1. The number of nitrogens with zero attached hydrogens (tertiary/aromatic N) is 2. The fourth-order valence-corrected chi connectivity index (χ4v) is 3.73. The van der Waals surface area contributed by atoms with Crippen LogP contribution in [-0.2, 0) is 4.79 Å². The van der Waals surface area contributed by atoms with Crippen molar-refractivity contribution in [3.05, 3.63) is 84.3 Å². The van der Waals surface area contributed by atoms with Crippen molar-refractivity contribution in [1.82, 2.24) is 15.2 Å². The molecule has 1 amide bonds. The molecule has 0 unspecified atom stereocenters. The predicted molar refractivity (Wildman–Crippen MR) is 111 cm³/mol. The van der Waals surface area contributed by atoms with E-state index in [1.54, 1.807) is 12.5 Å². The van der Waals surface area contributed by atoms with Gasteiger partial charge in [0, 0.05) is 24.8 Å². The van der Waals surface area contributed by atoms with Crippen LogP contribution in [0, 0.1) is 5.82 Å². The standard InChI is InChI=1S/C21H19FN4O2S/c22-14-6-8-15(9-7-14)24-18(27)10-12-26-20(17-5-3-13-28-17)19(25-21(26)29)16-4-1-2-11-23-16/h1-9,11,13,19-20H,10,12H2,(H,24,27)(H,25,29)/t19-,20-/m1/s1. The van der Waals surface area contributed by atoms with E-state index >= 15 is 0 Å². The Morgan fingerprint density at radius 1 is 1.21 bits per heavy atom. The second-order valence-corrected chi connectivity index (χ2v) is 7.03. The molecular weight excluding hydrogens is 391 g/mol. The van der Waals surface area contributed by atoms with Gasteiger partial charge in [0.05, 0.1) is 18.0 Å². The largest absolute Gasteiger partial charge is 0.467 e. The molecule has 1 aliphatic rings. The summed E-state index contributed by atoms with van der Waals surface area (Å²) < 4.78 is 18.7. The summed E-state index contributed by atoms with van der Waals surface area (Å²) in [7, 11) is 0. The molecule has 1 aliphatic heterocycles. The first-order valence-electron chi connectivity index (χ1n) is 9.19. The minimum absolute atomic E-state index is 0.182. The maximum Gasteiger partial charge on any atom is 0.226 e. The van der Waals surface area contributed by atoms with Crippen molar-refractivity contribution < 1.29 is 13.6 Å². The van der Waals surface area contributed by atoms with E-state index in [4.69, 9.17) is 16.6 Å². The first kappa shape index (κ1) is 19.1. The molecule has 2 atom stereocenters. The van der Waals surface area contributed by atoms with Gasteiger partial charge in [-0.05, 0) is 60.7 Å². The maximum absolute atomic E-state index is 13.0. The minimum Gasteiger partial charge on any atom is -0.467 e. The van der Waals surface area contributed by atoms with Gasteiger partial charge in [0.15, 0.2) is 5.11 Å². The maximum atomic E-state index is 13.0. The van der Waals surface area contributed by atoms with Crippen molar-refractivity contribution in [2.24, 2.45) is 0 Å². The topological polar surface area (TPSA) is 70.4 Å². The number of amides is 1. The third-order valence-corrected chi connectivity index (χ3v) is 5.09.